The van der Waals surface area contributed by atoms with E-state index in [1.165, 1.54) is 13.2 Å². The second-order valence-electron chi connectivity index (χ2n) is 4.87. The highest BCUT2D eigenvalue weighted by molar-refractivity contribution is 6.08. The Balaban J connectivity index is 2.28. The summed E-state index contributed by atoms with van der Waals surface area (Å²) in [5.74, 6) is 2.23. The van der Waals surface area contributed by atoms with Gasteiger partial charge in [-0.2, -0.15) is 0 Å². The lowest BCUT2D eigenvalue weighted by atomic mass is 10.1. The SMILES string of the molecule is COc1ccc(C=CC(=O)c2ccc(OC)cc2OC)c(OC)c1. The molecule has 126 valence electrons. The standard InChI is InChI=1S/C19H20O5/c1-21-14-7-5-13(18(11-14)23-3)6-10-17(20)16-9-8-15(22-2)12-19(16)24-4/h5-12H,1-4H3. The molecular weight excluding hydrogens is 308 g/mol. The van der Waals surface area contributed by atoms with Gasteiger partial charge in [0.25, 0.3) is 0 Å². The van der Waals surface area contributed by atoms with Crippen LogP contribution in [0.3, 0.4) is 0 Å². The molecule has 0 heterocycles. The van der Waals surface area contributed by atoms with Crippen molar-refractivity contribution in [3.05, 3.63) is 53.6 Å². The van der Waals surface area contributed by atoms with Crippen molar-refractivity contribution in [3.63, 3.8) is 0 Å². The van der Waals surface area contributed by atoms with Crippen molar-refractivity contribution in [2.75, 3.05) is 28.4 Å². The van der Waals surface area contributed by atoms with Crippen molar-refractivity contribution in [3.8, 4) is 23.0 Å². The van der Waals surface area contributed by atoms with E-state index in [0.717, 1.165) is 5.56 Å². The normalized spacial score (nSPS) is 10.5. The number of ketones is 1. The van der Waals surface area contributed by atoms with Crippen LogP contribution in [0.15, 0.2) is 42.5 Å². The average Bonchev–Trinajstić information content (AvgIpc) is 2.65. The van der Waals surface area contributed by atoms with Crippen molar-refractivity contribution in [2.24, 2.45) is 0 Å². The molecule has 0 N–H and O–H groups in total. The molecule has 2 aromatic carbocycles. The lowest BCUT2D eigenvalue weighted by Crippen LogP contribution is -1.99. The lowest BCUT2D eigenvalue weighted by molar-refractivity contribution is 0.104. The molecule has 0 aliphatic heterocycles. The van der Waals surface area contributed by atoms with Gasteiger partial charge in [-0.05, 0) is 36.4 Å². The zero-order valence-corrected chi connectivity index (χ0v) is 14.2. The summed E-state index contributed by atoms with van der Waals surface area (Å²) in [5, 5.41) is 0. The molecule has 0 unspecified atom stereocenters. The van der Waals surface area contributed by atoms with Crippen LogP contribution in [0.4, 0.5) is 0 Å². The number of ether oxygens (including phenoxy) is 4. The van der Waals surface area contributed by atoms with Gasteiger partial charge < -0.3 is 18.9 Å². The van der Waals surface area contributed by atoms with Crippen LogP contribution in [0, 0.1) is 0 Å². The molecule has 0 atom stereocenters. The van der Waals surface area contributed by atoms with Gasteiger partial charge >= 0.3 is 0 Å². The van der Waals surface area contributed by atoms with Crippen LogP contribution in [0.25, 0.3) is 6.08 Å². The minimum absolute atomic E-state index is 0.174. The summed E-state index contributed by atoms with van der Waals surface area (Å²) in [4.78, 5) is 12.4. The smallest absolute Gasteiger partial charge is 0.189 e. The fraction of sp³-hybridized carbons (Fsp3) is 0.211. The minimum atomic E-state index is -0.174. The maximum atomic E-state index is 12.4. The van der Waals surface area contributed by atoms with Gasteiger partial charge in [-0.15, -0.1) is 0 Å². The van der Waals surface area contributed by atoms with E-state index in [4.69, 9.17) is 18.9 Å². The maximum Gasteiger partial charge on any atom is 0.189 e. The van der Waals surface area contributed by atoms with E-state index in [1.54, 1.807) is 57.7 Å². The largest absolute Gasteiger partial charge is 0.497 e. The van der Waals surface area contributed by atoms with E-state index in [1.807, 2.05) is 6.07 Å². The van der Waals surface area contributed by atoms with Gasteiger partial charge in [0.2, 0.25) is 0 Å². The Bertz CT molecular complexity index is 749. The number of carbonyl (C=O) groups is 1. The van der Waals surface area contributed by atoms with Gasteiger partial charge in [0.1, 0.15) is 23.0 Å². The molecule has 2 rings (SSSR count). The highest BCUT2D eigenvalue weighted by Gasteiger charge is 2.11. The summed E-state index contributed by atoms with van der Waals surface area (Å²) in [6, 6.07) is 10.5. The number of benzene rings is 2. The van der Waals surface area contributed by atoms with Gasteiger partial charge in [0, 0.05) is 17.7 Å². The predicted octanol–water partition coefficient (Wildman–Crippen LogP) is 3.62. The maximum absolute atomic E-state index is 12.4. The third-order valence-corrected chi connectivity index (χ3v) is 3.53. The monoisotopic (exact) mass is 328 g/mol. The van der Waals surface area contributed by atoms with E-state index in [0.29, 0.717) is 28.6 Å². The first-order valence-electron chi connectivity index (χ1n) is 7.29. The molecular formula is C19H20O5. The fourth-order valence-corrected chi connectivity index (χ4v) is 2.21. The van der Waals surface area contributed by atoms with E-state index in [9.17, 15) is 4.79 Å². The van der Waals surface area contributed by atoms with Gasteiger partial charge in [0.15, 0.2) is 5.78 Å². The summed E-state index contributed by atoms with van der Waals surface area (Å²) in [6.07, 6.45) is 3.18. The van der Waals surface area contributed by atoms with Crippen molar-refractivity contribution in [1.29, 1.82) is 0 Å². The summed E-state index contributed by atoms with van der Waals surface area (Å²) in [5.41, 5.74) is 1.24. The van der Waals surface area contributed by atoms with Crippen molar-refractivity contribution in [2.45, 2.75) is 0 Å². The van der Waals surface area contributed by atoms with Gasteiger partial charge in [-0.25, -0.2) is 0 Å². The molecule has 0 radical (unpaired) electrons. The Hall–Kier alpha value is -2.95. The zero-order valence-electron chi connectivity index (χ0n) is 14.2. The van der Waals surface area contributed by atoms with Crippen LogP contribution in [-0.4, -0.2) is 34.2 Å². The van der Waals surface area contributed by atoms with E-state index in [-0.39, 0.29) is 5.78 Å². The first kappa shape index (κ1) is 17.4. The third-order valence-electron chi connectivity index (χ3n) is 3.53. The molecule has 2 aromatic rings. The molecule has 0 fully saturated rings. The Morgan fingerprint density at radius 3 is 1.96 bits per heavy atom. The second-order valence-corrected chi connectivity index (χ2v) is 4.87. The summed E-state index contributed by atoms with van der Waals surface area (Å²) >= 11 is 0. The molecule has 5 nitrogen and oxygen atoms in total. The topological polar surface area (TPSA) is 54.0 Å². The van der Waals surface area contributed by atoms with Crippen LogP contribution in [0.1, 0.15) is 15.9 Å². The first-order chi connectivity index (χ1) is 11.6. The average molecular weight is 328 g/mol. The second kappa shape index (κ2) is 8.06. The van der Waals surface area contributed by atoms with Crippen molar-refractivity contribution < 1.29 is 23.7 Å². The summed E-state index contributed by atoms with van der Waals surface area (Å²) in [7, 11) is 6.23. The molecule has 0 aliphatic rings. The predicted molar refractivity (Wildman–Crippen MR) is 92.5 cm³/mol. The Labute approximate surface area is 141 Å². The highest BCUT2D eigenvalue weighted by Crippen LogP contribution is 2.27. The molecule has 0 aliphatic carbocycles. The van der Waals surface area contributed by atoms with Crippen molar-refractivity contribution >= 4 is 11.9 Å². The molecule has 0 saturated carbocycles. The molecule has 0 aromatic heterocycles. The molecule has 0 saturated heterocycles. The van der Waals surface area contributed by atoms with Crippen LogP contribution in [0.5, 0.6) is 23.0 Å². The van der Waals surface area contributed by atoms with Crippen LogP contribution in [-0.2, 0) is 0 Å². The summed E-state index contributed by atoms with van der Waals surface area (Å²) < 4.78 is 20.9. The first-order valence-corrected chi connectivity index (χ1v) is 7.29. The number of methoxy groups -OCH3 is 4. The van der Waals surface area contributed by atoms with Gasteiger partial charge in [-0.1, -0.05) is 0 Å². The van der Waals surface area contributed by atoms with Crippen LogP contribution < -0.4 is 18.9 Å². The summed E-state index contributed by atoms with van der Waals surface area (Å²) in [6.45, 7) is 0. The number of rotatable bonds is 7. The van der Waals surface area contributed by atoms with E-state index >= 15 is 0 Å². The van der Waals surface area contributed by atoms with Gasteiger partial charge in [0.05, 0.1) is 34.0 Å². The van der Waals surface area contributed by atoms with Gasteiger partial charge in [-0.3, -0.25) is 4.79 Å². The number of allylic oxidation sites excluding steroid dienone is 1. The third kappa shape index (κ3) is 3.87. The zero-order chi connectivity index (χ0) is 17.5. The molecule has 0 spiro atoms. The van der Waals surface area contributed by atoms with E-state index in [2.05, 4.69) is 0 Å². The highest BCUT2D eigenvalue weighted by atomic mass is 16.5. The van der Waals surface area contributed by atoms with E-state index < -0.39 is 0 Å². The molecule has 24 heavy (non-hydrogen) atoms. The Morgan fingerprint density at radius 1 is 0.792 bits per heavy atom. The fourth-order valence-electron chi connectivity index (χ4n) is 2.21. The van der Waals surface area contributed by atoms with Crippen LogP contribution in [0.2, 0.25) is 0 Å². The lowest BCUT2D eigenvalue weighted by Gasteiger charge is -2.09. The molecule has 0 bridgehead atoms. The number of hydrogen-bond donors (Lipinski definition) is 0. The number of carbonyl (C=O) groups excluding carboxylic acids is 1. The number of hydrogen-bond acceptors (Lipinski definition) is 5. The minimum Gasteiger partial charge on any atom is -0.497 e. The molecule has 5 heteroatoms. The van der Waals surface area contributed by atoms with Crippen molar-refractivity contribution in [1.82, 2.24) is 0 Å². The Kier molecular flexibility index (Phi) is 5.84. The van der Waals surface area contributed by atoms with Crippen LogP contribution >= 0.6 is 0 Å². The quantitative estimate of drug-likeness (QED) is 0.574. The molecule has 0 amide bonds. The Morgan fingerprint density at radius 2 is 1.38 bits per heavy atom.